The largest absolute Gasteiger partial charge is 0.430 e. The van der Waals surface area contributed by atoms with Crippen molar-refractivity contribution in [1.29, 1.82) is 0 Å². The molecule has 29 heavy (non-hydrogen) atoms. The molecule has 3 rings (SSSR count). The fraction of sp³-hybridized carbons (Fsp3) is 0.348. The van der Waals surface area contributed by atoms with Crippen LogP contribution in [0.15, 0.2) is 42.5 Å². The zero-order chi connectivity index (χ0) is 21.0. The van der Waals surface area contributed by atoms with Gasteiger partial charge in [-0.15, -0.1) is 0 Å². The van der Waals surface area contributed by atoms with Crippen molar-refractivity contribution >= 4 is 17.4 Å². The first kappa shape index (κ1) is 21.0. The molecule has 1 aromatic heterocycles. The number of aryl methyl sites for hydroxylation is 2. The highest BCUT2D eigenvalue weighted by atomic mass is 32.1. The van der Waals surface area contributed by atoms with Crippen LogP contribution in [0.2, 0.25) is 0 Å². The number of amides is 1. The van der Waals surface area contributed by atoms with E-state index < -0.39 is 0 Å². The molecular formula is C23H27N3O2S. The molecule has 2 aromatic carbocycles. The Kier molecular flexibility index (Phi) is 6.64. The molecule has 0 aliphatic rings. The monoisotopic (exact) mass is 409 g/mol. The molecule has 0 bridgehead atoms. The number of benzene rings is 2. The summed E-state index contributed by atoms with van der Waals surface area (Å²) in [5.41, 5.74) is 3.90. The maximum atomic E-state index is 12.5. The van der Waals surface area contributed by atoms with E-state index in [4.69, 9.17) is 4.74 Å². The Bertz CT molecular complexity index is 980. The van der Waals surface area contributed by atoms with Gasteiger partial charge in [-0.25, -0.2) is 0 Å². The third-order valence-corrected chi connectivity index (χ3v) is 5.57. The summed E-state index contributed by atoms with van der Waals surface area (Å²) in [5.74, 6) is 1.61. The van der Waals surface area contributed by atoms with Crippen LogP contribution < -0.4 is 10.1 Å². The summed E-state index contributed by atoms with van der Waals surface area (Å²) >= 11 is 1.22. The van der Waals surface area contributed by atoms with Crippen molar-refractivity contribution in [3.8, 4) is 10.9 Å². The molecule has 0 unspecified atom stereocenters. The molecular weight excluding hydrogens is 382 g/mol. The van der Waals surface area contributed by atoms with Gasteiger partial charge in [0.2, 0.25) is 0 Å². The highest BCUT2D eigenvalue weighted by Crippen LogP contribution is 2.28. The molecule has 0 saturated heterocycles. The third kappa shape index (κ3) is 5.64. The van der Waals surface area contributed by atoms with Crippen molar-refractivity contribution in [3.05, 3.63) is 70.5 Å². The van der Waals surface area contributed by atoms with Gasteiger partial charge in [0.25, 0.3) is 11.1 Å². The Morgan fingerprint density at radius 2 is 1.83 bits per heavy atom. The van der Waals surface area contributed by atoms with Crippen LogP contribution in [0.1, 0.15) is 53.6 Å². The molecule has 0 spiro atoms. The average Bonchev–Trinajstić information content (AvgIpc) is 3.12. The van der Waals surface area contributed by atoms with E-state index in [0.29, 0.717) is 28.8 Å². The first-order valence-corrected chi connectivity index (χ1v) is 10.6. The van der Waals surface area contributed by atoms with Crippen LogP contribution in [0.4, 0.5) is 0 Å². The predicted octanol–water partition coefficient (Wildman–Crippen LogP) is 5.31. The van der Waals surface area contributed by atoms with Gasteiger partial charge in [-0.05, 0) is 49.9 Å². The molecule has 0 radical (unpaired) electrons. The lowest BCUT2D eigenvalue weighted by Gasteiger charge is -2.17. The highest BCUT2D eigenvalue weighted by Gasteiger charge is 2.15. The smallest absolute Gasteiger partial charge is 0.298 e. The van der Waals surface area contributed by atoms with Gasteiger partial charge in [-0.2, -0.15) is 9.36 Å². The average molecular weight is 410 g/mol. The topological polar surface area (TPSA) is 64.1 Å². The van der Waals surface area contributed by atoms with Crippen molar-refractivity contribution in [2.45, 2.75) is 47.1 Å². The van der Waals surface area contributed by atoms with Crippen LogP contribution >= 0.6 is 11.5 Å². The van der Waals surface area contributed by atoms with E-state index in [2.05, 4.69) is 59.7 Å². The minimum Gasteiger partial charge on any atom is -0.430 e. The number of rotatable bonds is 7. The van der Waals surface area contributed by atoms with Gasteiger partial charge < -0.3 is 10.1 Å². The number of carbonyl (C=O) groups is 1. The fourth-order valence-electron chi connectivity index (χ4n) is 2.64. The van der Waals surface area contributed by atoms with Crippen molar-refractivity contribution < 1.29 is 9.53 Å². The number of carbonyl (C=O) groups excluding carboxylic acids is 1. The lowest BCUT2D eigenvalue weighted by molar-refractivity contribution is 0.0930. The summed E-state index contributed by atoms with van der Waals surface area (Å²) < 4.78 is 10.4. The molecule has 5 nitrogen and oxygen atoms in total. The standard InChI is InChI=1S/C23H27N3O2S/c1-14(2)17(5)24-22(27)19-11-8-16(4)20(13-19)28-23-25-21(26-29-23)12-18-9-6-15(3)7-10-18/h6-11,13-14,17H,12H2,1-5H3,(H,24,27)/t17-/m1/s1. The fourth-order valence-corrected chi connectivity index (χ4v) is 3.20. The van der Waals surface area contributed by atoms with Crippen LogP contribution in [0.5, 0.6) is 10.9 Å². The summed E-state index contributed by atoms with van der Waals surface area (Å²) in [6, 6.07) is 13.9. The van der Waals surface area contributed by atoms with E-state index in [1.807, 2.05) is 26.0 Å². The zero-order valence-corrected chi connectivity index (χ0v) is 18.3. The quantitative estimate of drug-likeness (QED) is 0.574. The van der Waals surface area contributed by atoms with Gasteiger partial charge in [0.1, 0.15) is 5.75 Å². The Balaban J connectivity index is 1.70. The van der Waals surface area contributed by atoms with Crippen molar-refractivity contribution in [3.63, 3.8) is 0 Å². The number of hydrogen-bond acceptors (Lipinski definition) is 5. The second-order valence-electron chi connectivity index (χ2n) is 7.73. The second kappa shape index (κ2) is 9.18. The minimum atomic E-state index is -0.103. The van der Waals surface area contributed by atoms with Crippen molar-refractivity contribution in [2.24, 2.45) is 5.92 Å². The maximum Gasteiger partial charge on any atom is 0.298 e. The molecule has 3 aromatic rings. The molecule has 1 heterocycles. The third-order valence-electron chi connectivity index (χ3n) is 4.94. The molecule has 152 valence electrons. The van der Waals surface area contributed by atoms with Crippen LogP contribution in [-0.4, -0.2) is 21.3 Å². The van der Waals surface area contributed by atoms with Crippen molar-refractivity contribution in [1.82, 2.24) is 14.7 Å². The van der Waals surface area contributed by atoms with E-state index in [-0.39, 0.29) is 11.9 Å². The molecule has 1 atom stereocenters. The molecule has 0 aliphatic heterocycles. The van der Waals surface area contributed by atoms with Gasteiger partial charge >= 0.3 is 0 Å². The molecule has 0 saturated carbocycles. The van der Waals surface area contributed by atoms with E-state index in [0.717, 1.165) is 17.0 Å². The summed E-state index contributed by atoms with van der Waals surface area (Å²) in [7, 11) is 0. The summed E-state index contributed by atoms with van der Waals surface area (Å²) in [5, 5.41) is 3.50. The Hall–Kier alpha value is -2.73. The van der Waals surface area contributed by atoms with Gasteiger partial charge in [-0.1, -0.05) is 49.7 Å². The summed E-state index contributed by atoms with van der Waals surface area (Å²) in [6.07, 6.45) is 0.661. The second-order valence-corrected chi connectivity index (χ2v) is 8.44. The Morgan fingerprint density at radius 1 is 1.10 bits per heavy atom. The normalized spacial score (nSPS) is 12.1. The number of nitrogens with one attached hydrogen (secondary N) is 1. The zero-order valence-electron chi connectivity index (χ0n) is 17.5. The van der Waals surface area contributed by atoms with Crippen LogP contribution in [-0.2, 0) is 6.42 Å². The molecule has 0 fully saturated rings. The van der Waals surface area contributed by atoms with Gasteiger partial charge in [0.05, 0.1) is 0 Å². The number of aromatic nitrogens is 2. The predicted molar refractivity (Wildman–Crippen MR) is 117 cm³/mol. The Labute approximate surface area is 176 Å². The highest BCUT2D eigenvalue weighted by molar-refractivity contribution is 7.07. The Morgan fingerprint density at radius 3 is 2.52 bits per heavy atom. The van der Waals surface area contributed by atoms with E-state index in [1.54, 1.807) is 6.07 Å². The van der Waals surface area contributed by atoms with E-state index in [1.165, 1.54) is 17.1 Å². The summed E-state index contributed by atoms with van der Waals surface area (Å²) in [6.45, 7) is 10.2. The molecule has 6 heteroatoms. The van der Waals surface area contributed by atoms with E-state index >= 15 is 0 Å². The SMILES string of the molecule is Cc1ccc(Cc2nsc(Oc3cc(C(=O)N[C@H](C)C(C)C)ccc3C)n2)cc1. The first-order valence-electron chi connectivity index (χ1n) is 9.79. The van der Waals surface area contributed by atoms with Crippen LogP contribution in [0.25, 0.3) is 0 Å². The van der Waals surface area contributed by atoms with Crippen LogP contribution in [0, 0.1) is 19.8 Å². The van der Waals surface area contributed by atoms with Crippen molar-refractivity contribution in [2.75, 3.05) is 0 Å². The number of hydrogen-bond donors (Lipinski definition) is 1. The number of ether oxygens (including phenoxy) is 1. The molecule has 1 amide bonds. The van der Waals surface area contributed by atoms with Crippen LogP contribution in [0.3, 0.4) is 0 Å². The van der Waals surface area contributed by atoms with Gasteiger partial charge in [0.15, 0.2) is 5.82 Å². The summed E-state index contributed by atoms with van der Waals surface area (Å²) in [4.78, 5) is 17.0. The molecule has 0 aliphatic carbocycles. The van der Waals surface area contributed by atoms with Gasteiger partial charge in [-0.3, -0.25) is 4.79 Å². The number of nitrogens with zero attached hydrogens (tertiary/aromatic N) is 2. The first-order chi connectivity index (χ1) is 13.8. The lowest BCUT2D eigenvalue weighted by Crippen LogP contribution is -2.36. The van der Waals surface area contributed by atoms with Gasteiger partial charge in [0, 0.05) is 29.6 Å². The molecule has 1 N–H and O–H groups in total. The minimum absolute atomic E-state index is 0.0978. The van der Waals surface area contributed by atoms with E-state index in [9.17, 15) is 4.79 Å². The maximum absolute atomic E-state index is 12.5. The lowest BCUT2D eigenvalue weighted by atomic mass is 10.1.